The molecule has 0 radical (unpaired) electrons. The van der Waals surface area contributed by atoms with Gasteiger partial charge in [0.05, 0.1) is 23.2 Å². The van der Waals surface area contributed by atoms with Gasteiger partial charge in [0.1, 0.15) is 6.54 Å². The van der Waals surface area contributed by atoms with E-state index in [9.17, 15) is 19.7 Å². The number of fused-ring (bicyclic) bond motifs is 1. The lowest BCUT2D eigenvalue weighted by Crippen LogP contribution is -2.41. The number of nitrogens with zero attached hydrogens (tertiary/aromatic N) is 2. The number of esters is 1. The zero-order chi connectivity index (χ0) is 21.8. The van der Waals surface area contributed by atoms with Gasteiger partial charge in [0, 0.05) is 23.1 Å². The third-order valence-corrected chi connectivity index (χ3v) is 4.60. The Hall–Kier alpha value is -4.40. The molecule has 0 fully saturated rings. The molecule has 1 aliphatic heterocycles. The highest BCUT2D eigenvalue weighted by Gasteiger charge is 2.27. The molecule has 0 unspecified atom stereocenters. The Bertz CT molecular complexity index is 1130. The van der Waals surface area contributed by atoms with Crippen molar-refractivity contribution in [1.29, 1.82) is 0 Å². The molecule has 0 saturated carbocycles. The summed E-state index contributed by atoms with van der Waals surface area (Å²) in [6.45, 7) is -0.234. The van der Waals surface area contributed by atoms with Crippen molar-refractivity contribution >= 4 is 40.3 Å². The number of nitrogens with one attached hydrogen (secondary N) is 2. The Morgan fingerprint density at radius 2 is 1.68 bits per heavy atom. The van der Waals surface area contributed by atoms with Crippen LogP contribution in [0.1, 0.15) is 0 Å². The summed E-state index contributed by atoms with van der Waals surface area (Å²) in [4.78, 5) is 36.3. The maximum atomic E-state index is 12.5. The summed E-state index contributed by atoms with van der Waals surface area (Å²) in [5.74, 6) is -0.852. The van der Waals surface area contributed by atoms with E-state index in [1.54, 1.807) is 12.1 Å². The zero-order valence-corrected chi connectivity index (χ0v) is 16.3. The lowest BCUT2D eigenvalue weighted by Gasteiger charge is -2.28. The summed E-state index contributed by atoms with van der Waals surface area (Å²) < 4.78 is 5.09. The fraction of sp³-hybridized carbons (Fsp3) is 0.0909. The molecule has 0 spiro atoms. The minimum Gasteiger partial charge on any atom is -0.423 e. The van der Waals surface area contributed by atoms with Crippen LogP contribution in [0.5, 0.6) is 5.75 Å². The van der Waals surface area contributed by atoms with E-state index in [4.69, 9.17) is 4.74 Å². The zero-order valence-electron chi connectivity index (χ0n) is 16.3. The number of non-ortho nitro benzene ring substituents is 1. The Morgan fingerprint density at radius 3 is 2.39 bits per heavy atom. The number of carbonyl (C=O) groups is 2. The Morgan fingerprint density at radius 1 is 1.00 bits per heavy atom. The predicted octanol–water partition coefficient (Wildman–Crippen LogP) is 3.70. The van der Waals surface area contributed by atoms with Crippen LogP contribution in [-0.4, -0.2) is 29.9 Å². The average molecular weight is 418 g/mol. The molecule has 1 heterocycles. The number of ether oxygens (including phenoxy) is 1. The second-order valence-corrected chi connectivity index (χ2v) is 6.86. The molecule has 0 aromatic heterocycles. The van der Waals surface area contributed by atoms with Crippen molar-refractivity contribution in [3.05, 3.63) is 82.9 Å². The lowest BCUT2D eigenvalue weighted by atomic mass is 10.2. The Kier molecular flexibility index (Phi) is 5.48. The van der Waals surface area contributed by atoms with Gasteiger partial charge in [0.25, 0.3) is 5.69 Å². The molecular weight excluding hydrogens is 400 g/mol. The molecule has 0 atom stereocenters. The normalized spacial score (nSPS) is 12.5. The largest absolute Gasteiger partial charge is 0.423 e. The maximum Gasteiger partial charge on any atom is 0.331 e. The average Bonchev–Trinajstić information content (AvgIpc) is 2.75. The van der Waals surface area contributed by atoms with E-state index < -0.39 is 10.9 Å². The van der Waals surface area contributed by atoms with E-state index in [0.29, 0.717) is 11.4 Å². The summed E-state index contributed by atoms with van der Waals surface area (Å²) >= 11 is 0. The van der Waals surface area contributed by atoms with E-state index in [0.717, 1.165) is 11.4 Å². The summed E-state index contributed by atoms with van der Waals surface area (Å²) in [5.41, 5.74) is 2.69. The van der Waals surface area contributed by atoms with Crippen molar-refractivity contribution in [2.75, 3.05) is 28.6 Å². The van der Waals surface area contributed by atoms with Crippen LogP contribution in [-0.2, 0) is 9.59 Å². The van der Waals surface area contributed by atoms with Crippen molar-refractivity contribution in [3.63, 3.8) is 0 Å². The second kappa shape index (κ2) is 8.54. The Labute approximate surface area is 177 Å². The van der Waals surface area contributed by atoms with Crippen molar-refractivity contribution in [2.45, 2.75) is 0 Å². The summed E-state index contributed by atoms with van der Waals surface area (Å²) in [6.07, 6.45) is 0. The molecule has 156 valence electrons. The number of hydrogen-bond acceptors (Lipinski definition) is 7. The molecule has 0 bridgehead atoms. The van der Waals surface area contributed by atoms with Gasteiger partial charge < -0.3 is 20.3 Å². The van der Waals surface area contributed by atoms with E-state index in [1.165, 1.54) is 23.1 Å². The first-order chi connectivity index (χ1) is 15.0. The highest BCUT2D eigenvalue weighted by Crippen LogP contribution is 2.35. The molecule has 3 aromatic carbocycles. The van der Waals surface area contributed by atoms with Gasteiger partial charge >= 0.3 is 5.97 Å². The highest BCUT2D eigenvalue weighted by molar-refractivity contribution is 5.96. The van der Waals surface area contributed by atoms with Gasteiger partial charge in [-0.15, -0.1) is 0 Å². The van der Waals surface area contributed by atoms with Crippen molar-refractivity contribution in [2.24, 2.45) is 0 Å². The molecule has 9 nitrogen and oxygen atoms in total. The third-order valence-electron chi connectivity index (χ3n) is 4.60. The Balaban J connectivity index is 1.41. The summed E-state index contributed by atoms with van der Waals surface area (Å²) in [7, 11) is 0. The minimum absolute atomic E-state index is 0.0644. The van der Waals surface area contributed by atoms with Gasteiger partial charge in [-0.3, -0.25) is 14.9 Å². The number of benzene rings is 3. The molecule has 1 amide bonds. The van der Waals surface area contributed by atoms with E-state index in [1.807, 2.05) is 42.5 Å². The standard InChI is InChI=1S/C22H18N4O5/c27-21(24-17-8-6-16(7-9-17)23-15-4-2-1-3-5-15)13-25-14-22(28)31-20-12-18(26(29)30)10-11-19(20)25/h1-12,23H,13-14H2,(H,24,27). The van der Waals surface area contributed by atoms with Gasteiger partial charge in [0.15, 0.2) is 5.75 Å². The molecule has 2 N–H and O–H groups in total. The third kappa shape index (κ3) is 4.78. The number of nitro benzene ring substituents is 1. The van der Waals surface area contributed by atoms with Gasteiger partial charge in [-0.25, -0.2) is 4.79 Å². The molecule has 4 rings (SSSR count). The SMILES string of the molecule is O=C(CN1CC(=O)Oc2cc([N+](=O)[O-])ccc21)Nc1ccc(Nc2ccccc2)cc1. The van der Waals surface area contributed by atoms with Crippen molar-refractivity contribution in [3.8, 4) is 5.75 Å². The van der Waals surface area contributed by atoms with Crippen LogP contribution < -0.4 is 20.3 Å². The number of nitro groups is 1. The maximum absolute atomic E-state index is 12.5. The summed E-state index contributed by atoms with van der Waals surface area (Å²) in [5, 5.41) is 17.0. The van der Waals surface area contributed by atoms with Gasteiger partial charge in [-0.1, -0.05) is 18.2 Å². The lowest BCUT2D eigenvalue weighted by molar-refractivity contribution is -0.384. The number of hydrogen-bond donors (Lipinski definition) is 2. The molecule has 0 aliphatic carbocycles. The molecule has 31 heavy (non-hydrogen) atoms. The van der Waals surface area contributed by atoms with Crippen molar-refractivity contribution in [1.82, 2.24) is 0 Å². The topological polar surface area (TPSA) is 114 Å². The fourth-order valence-electron chi connectivity index (χ4n) is 3.20. The van der Waals surface area contributed by atoms with Gasteiger partial charge in [0.2, 0.25) is 5.91 Å². The van der Waals surface area contributed by atoms with Gasteiger partial charge in [-0.05, 0) is 42.5 Å². The minimum atomic E-state index is -0.586. The molecule has 3 aromatic rings. The van der Waals surface area contributed by atoms with Crippen LogP contribution in [0.2, 0.25) is 0 Å². The number of para-hydroxylation sites is 1. The second-order valence-electron chi connectivity index (χ2n) is 6.86. The predicted molar refractivity (Wildman–Crippen MR) is 116 cm³/mol. The quantitative estimate of drug-likeness (QED) is 0.271. The van der Waals surface area contributed by atoms with Crippen LogP contribution >= 0.6 is 0 Å². The van der Waals surface area contributed by atoms with Crippen LogP contribution in [0, 0.1) is 10.1 Å². The van der Waals surface area contributed by atoms with E-state index >= 15 is 0 Å². The molecule has 0 saturated heterocycles. The smallest absolute Gasteiger partial charge is 0.331 e. The number of rotatable bonds is 6. The molecular formula is C22H18N4O5. The number of amides is 1. The van der Waals surface area contributed by atoms with E-state index in [-0.39, 0.29) is 30.4 Å². The van der Waals surface area contributed by atoms with E-state index in [2.05, 4.69) is 10.6 Å². The van der Waals surface area contributed by atoms with Crippen molar-refractivity contribution < 1.29 is 19.2 Å². The molecule has 9 heteroatoms. The van der Waals surface area contributed by atoms with Crippen LogP contribution in [0.3, 0.4) is 0 Å². The first-order valence-corrected chi connectivity index (χ1v) is 9.44. The van der Waals surface area contributed by atoms with Gasteiger partial charge in [-0.2, -0.15) is 0 Å². The fourth-order valence-corrected chi connectivity index (χ4v) is 3.20. The van der Waals surface area contributed by atoms with Crippen LogP contribution in [0.4, 0.5) is 28.4 Å². The first kappa shape index (κ1) is 19.9. The van der Waals surface area contributed by atoms with Crippen LogP contribution in [0.15, 0.2) is 72.8 Å². The number of carbonyl (C=O) groups excluding carboxylic acids is 2. The van der Waals surface area contributed by atoms with Crippen LogP contribution in [0.25, 0.3) is 0 Å². The summed E-state index contributed by atoms with van der Waals surface area (Å²) in [6, 6.07) is 20.9. The number of anilines is 4. The first-order valence-electron chi connectivity index (χ1n) is 9.44. The monoisotopic (exact) mass is 418 g/mol. The molecule has 1 aliphatic rings. The highest BCUT2D eigenvalue weighted by atomic mass is 16.6.